The number of hydrogen-bond acceptors (Lipinski definition) is 5. The van der Waals surface area contributed by atoms with Crippen LogP contribution in [0.1, 0.15) is 17.3 Å². The van der Waals surface area contributed by atoms with Crippen LogP contribution in [0.3, 0.4) is 0 Å². The van der Waals surface area contributed by atoms with Gasteiger partial charge in [0, 0.05) is 6.92 Å². The molecule has 0 saturated carbocycles. The summed E-state index contributed by atoms with van der Waals surface area (Å²) in [7, 11) is 6.16. The number of carboxylic acid groups (broad SMARTS) is 1. The molecule has 9 nitrogen and oxygen atoms in total. The maximum absolute atomic E-state index is 10.6. The van der Waals surface area contributed by atoms with Gasteiger partial charge in [0.05, 0.1) is 27.7 Å². The molecule has 0 aliphatic carbocycles. The molecule has 0 spiro atoms. The number of rotatable bonds is 4. The van der Waals surface area contributed by atoms with Gasteiger partial charge in [-0.15, -0.1) is 0 Å². The highest BCUT2D eigenvalue weighted by atomic mass is 16.5. The number of benzene rings is 1. The third kappa shape index (κ3) is 15.7. The van der Waals surface area contributed by atoms with Crippen LogP contribution in [0.4, 0.5) is 4.79 Å². The molecule has 2 amide bonds. The molecule has 24 heavy (non-hydrogen) atoms. The number of aromatic carboxylic acids is 1. The van der Waals surface area contributed by atoms with Gasteiger partial charge < -0.3 is 30.9 Å². The quantitative estimate of drug-likeness (QED) is 0.343. The van der Waals surface area contributed by atoms with Crippen molar-refractivity contribution in [2.24, 2.45) is 11.5 Å². The summed E-state index contributed by atoms with van der Waals surface area (Å²) < 4.78 is 5.53. The number of nitrogens with two attached hydrogens (primary N) is 2. The number of urea groups is 1. The van der Waals surface area contributed by atoms with Crippen molar-refractivity contribution in [2.45, 2.75) is 6.92 Å². The fourth-order valence-electron chi connectivity index (χ4n) is 1.19. The number of nitrogens with zero attached hydrogens (tertiary/aromatic N) is 1. The van der Waals surface area contributed by atoms with E-state index in [1.54, 1.807) is 12.1 Å². The van der Waals surface area contributed by atoms with Crippen molar-refractivity contribution in [3.05, 3.63) is 29.8 Å². The molecule has 0 unspecified atom stereocenters. The minimum atomic E-state index is -1.11. The van der Waals surface area contributed by atoms with E-state index in [9.17, 15) is 9.59 Å². The second-order valence-corrected chi connectivity index (χ2v) is 5.53. The van der Waals surface area contributed by atoms with Gasteiger partial charge in [-0.05, 0) is 12.1 Å². The van der Waals surface area contributed by atoms with E-state index in [1.165, 1.54) is 19.1 Å². The Hall–Kier alpha value is -2.65. The summed E-state index contributed by atoms with van der Waals surface area (Å²) in [6, 6.07) is 5.15. The predicted molar refractivity (Wildman–Crippen MR) is 88.5 cm³/mol. The Labute approximate surface area is 141 Å². The maximum Gasteiger partial charge on any atom is 0.339 e. The van der Waals surface area contributed by atoms with Gasteiger partial charge in [-0.25, -0.2) is 9.59 Å². The van der Waals surface area contributed by atoms with Gasteiger partial charge >= 0.3 is 18.0 Å². The minimum Gasteiger partial charge on any atom is -0.478 e. The van der Waals surface area contributed by atoms with Crippen LogP contribution in [-0.2, 0) is 4.79 Å². The van der Waals surface area contributed by atoms with Gasteiger partial charge in [-0.1, -0.05) is 12.1 Å². The lowest BCUT2D eigenvalue weighted by molar-refractivity contribution is -0.870. The predicted octanol–water partition coefficient (Wildman–Crippen LogP) is 0.0188. The molecule has 0 aliphatic heterocycles. The summed E-state index contributed by atoms with van der Waals surface area (Å²) in [5.74, 6) is -1.58. The SMILES string of the molecule is CC(=O)Oc1ccccc1C(=O)O.C[N+](C)(C)CCO.NC(N)=O. The highest BCUT2D eigenvalue weighted by Crippen LogP contribution is 2.17. The summed E-state index contributed by atoms with van der Waals surface area (Å²) in [6.45, 7) is 2.34. The molecule has 136 valence electrons. The Morgan fingerprint density at radius 1 is 1.12 bits per heavy atom. The number of carbonyl (C=O) groups excluding carboxylic acids is 2. The van der Waals surface area contributed by atoms with E-state index in [2.05, 4.69) is 37.3 Å². The maximum atomic E-state index is 10.6. The smallest absolute Gasteiger partial charge is 0.339 e. The summed E-state index contributed by atoms with van der Waals surface area (Å²) >= 11 is 0. The zero-order valence-electron chi connectivity index (χ0n) is 14.4. The van der Waals surface area contributed by atoms with Crippen molar-refractivity contribution in [1.29, 1.82) is 0 Å². The molecule has 0 fully saturated rings. The number of aliphatic hydroxyl groups excluding tert-OH is 1. The molecule has 0 radical (unpaired) electrons. The molecule has 0 bridgehead atoms. The molecule has 1 rings (SSSR count). The summed E-state index contributed by atoms with van der Waals surface area (Å²) in [6.07, 6.45) is 0. The van der Waals surface area contributed by atoms with Crippen LogP contribution in [0.15, 0.2) is 24.3 Å². The fourth-order valence-corrected chi connectivity index (χ4v) is 1.19. The number of ether oxygens (including phenoxy) is 1. The van der Waals surface area contributed by atoms with E-state index in [1.807, 2.05) is 0 Å². The summed E-state index contributed by atoms with van der Waals surface area (Å²) in [5.41, 5.74) is 8.48. The zero-order chi connectivity index (χ0) is 19.3. The normalized spacial score (nSPS) is 9.54. The summed E-state index contributed by atoms with van der Waals surface area (Å²) in [5, 5.41) is 17.1. The molecule has 0 atom stereocenters. The van der Waals surface area contributed by atoms with E-state index in [0.29, 0.717) is 0 Å². The molecule has 9 heteroatoms. The second-order valence-electron chi connectivity index (χ2n) is 5.53. The van der Waals surface area contributed by atoms with Crippen molar-refractivity contribution >= 4 is 18.0 Å². The molecular weight excluding hydrogens is 318 g/mol. The first kappa shape index (κ1) is 23.6. The van der Waals surface area contributed by atoms with E-state index in [4.69, 9.17) is 15.0 Å². The van der Waals surface area contributed by atoms with Crippen molar-refractivity contribution in [1.82, 2.24) is 0 Å². The number of carboxylic acids is 1. The number of primary amides is 2. The van der Waals surface area contributed by atoms with Gasteiger partial charge in [-0.2, -0.15) is 0 Å². The van der Waals surface area contributed by atoms with Crippen molar-refractivity contribution in [3.8, 4) is 5.75 Å². The molecule has 6 N–H and O–H groups in total. The van der Waals surface area contributed by atoms with Gasteiger partial charge in [0.25, 0.3) is 0 Å². The second kappa shape index (κ2) is 11.9. The largest absolute Gasteiger partial charge is 0.478 e. The van der Waals surface area contributed by atoms with Crippen LogP contribution in [-0.4, -0.2) is 67.0 Å². The van der Waals surface area contributed by atoms with Gasteiger partial charge in [0.2, 0.25) is 0 Å². The Kier molecular flexibility index (Phi) is 11.7. The van der Waals surface area contributed by atoms with Crippen molar-refractivity contribution < 1.29 is 33.8 Å². The number of likely N-dealkylation sites (N-methyl/N-ethyl adjacent to an activating group) is 1. The Balaban J connectivity index is 0. The van der Waals surface area contributed by atoms with Crippen molar-refractivity contribution in [3.63, 3.8) is 0 Å². The van der Waals surface area contributed by atoms with Crippen LogP contribution in [0.2, 0.25) is 0 Å². The molecular formula is C15H26N3O6+. The first-order valence-electron chi connectivity index (χ1n) is 6.87. The lowest BCUT2D eigenvalue weighted by Gasteiger charge is -2.21. The highest BCUT2D eigenvalue weighted by Gasteiger charge is 2.11. The Bertz CT molecular complexity index is 536. The molecule has 0 heterocycles. The number of aliphatic hydroxyl groups is 1. The lowest BCUT2D eigenvalue weighted by atomic mass is 10.2. The molecule has 1 aromatic carbocycles. The number of quaternary nitrogens is 1. The van der Waals surface area contributed by atoms with Crippen LogP contribution >= 0.6 is 0 Å². The van der Waals surface area contributed by atoms with Crippen LogP contribution in [0.25, 0.3) is 0 Å². The zero-order valence-corrected chi connectivity index (χ0v) is 14.4. The minimum absolute atomic E-state index is 0.0160. The highest BCUT2D eigenvalue weighted by molar-refractivity contribution is 5.91. The average Bonchev–Trinajstić information content (AvgIpc) is 2.36. The Morgan fingerprint density at radius 3 is 1.88 bits per heavy atom. The molecule has 1 aromatic rings. The van der Waals surface area contributed by atoms with E-state index < -0.39 is 18.0 Å². The van der Waals surface area contributed by atoms with E-state index >= 15 is 0 Å². The number of hydrogen-bond donors (Lipinski definition) is 4. The van der Waals surface area contributed by atoms with Crippen LogP contribution in [0.5, 0.6) is 5.75 Å². The fraction of sp³-hybridized carbons (Fsp3) is 0.400. The third-order valence-corrected chi connectivity index (χ3v) is 2.14. The number of para-hydroxylation sites is 1. The van der Waals surface area contributed by atoms with Crippen LogP contribution < -0.4 is 16.2 Å². The number of amides is 2. The van der Waals surface area contributed by atoms with Crippen molar-refractivity contribution in [2.75, 3.05) is 34.3 Å². The number of esters is 1. The molecule has 0 saturated heterocycles. The lowest BCUT2D eigenvalue weighted by Crippen LogP contribution is -2.36. The van der Waals surface area contributed by atoms with E-state index in [0.717, 1.165) is 11.0 Å². The molecule has 0 aliphatic rings. The summed E-state index contributed by atoms with van der Waals surface area (Å²) in [4.78, 5) is 30.2. The van der Waals surface area contributed by atoms with Crippen LogP contribution in [0, 0.1) is 0 Å². The monoisotopic (exact) mass is 344 g/mol. The standard InChI is InChI=1S/C9H8O4.C5H14NO.CH4N2O/c1-6(10)13-8-5-3-2-4-7(8)9(11)12;1-6(2,3)4-5-7;2-1(3)4/h2-5H,1H3,(H,11,12);7H,4-5H2,1-3H3;(H4,2,3,4)/q;+1;. The first-order chi connectivity index (χ1) is 10.9. The number of carbonyl (C=O) groups is 3. The first-order valence-corrected chi connectivity index (χ1v) is 6.87. The van der Waals surface area contributed by atoms with Gasteiger partial charge in [0.15, 0.2) is 0 Å². The third-order valence-electron chi connectivity index (χ3n) is 2.14. The van der Waals surface area contributed by atoms with Gasteiger partial charge in [-0.3, -0.25) is 4.79 Å². The topological polar surface area (TPSA) is 153 Å². The average molecular weight is 344 g/mol. The van der Waals surface area contributed by atoms with Gasteiger partial charge in [0.1, 0.15) is 17.9 Å². The molecule has 0 aromatic heterocycles. The van der Waals surface area contributed by atoms with E-state index in [-0.39, 0.29) is 17.9 Å². The Morgan fingerprint density at radius 2 is 1.58 bits per heavy atom.